The van der Waals surface area contributed by atoms with E-state index in [-0.39, 0.29) is 0 Å². The summed E-state index contributed by atoms with van der Waals surface area (Å²) in [5.41, 5.74) is 0. The van der Waals surface area contributed by atoms with Crippen molar-refractivity contribution < 1.29 is 0 Å². The molecular weight excluding hydrogens is 244 g/mol. The van der Waals surface area contributed by atoms with Crippen LogP contribution in [0.15, 0.2) is 4.99 Å². The highest BCUT2D eigenvalue weighted by molar-refractivity contribution is 7.98. The molecule has 0 saturated carbocycles. The topological polar surface area (TPSA) is 39.7 Å². The molecule has 0 radical (unpaired) electrons. The Morgan fingerprint density at radius 2 is 1.94 bits per heavy atom. The van der Waals surface area contributed by atoms with E-state index in [9.17, 15) is 0 Å². The lowest BCUT2D eigenvalue weighted by Gasteiger charge is -2.30. The lowest BCUT2D eigenvalue weighted by Crippen LogP contribution is -2.43. The molecule has 4 nitrogen and oxygen atoms in total. The van der Waals surface area contributed by atoms with Crippen molar-refractivity contribution in [2.45, 2.75) is 19.8 Å². The van der Waals surface area contributed by atoms with Crippen molar-refractivity contribution in [1.29, 1.82) is 0 Å². The van der Waals surface area contributed by atoms with Crippen molar-refractivity contribution in [3.63, 3.8) is 0 Å². The second-order valence-electron chi connectivity index (χ2n) is 4.94. The molecule has 0 aromatic rings. The molecule has 1 aliphatic rings. The van der Waals surface area contributed by atoms with Crippen LogP contribution in [-0.2, 0) is 0 Å². The van der Waals surface area contributed by atoms with Gasteiger partial charge in [0.25, 0.3) is 0 Å². The Bertz CT molecular complexity index is 237. The third-order valence-corrected chi connectivity index (χ3v) is 4.03. The van der Waals surface area contributed by atoms with Crippen molar-refractivity contribution in [2.75, 3.05) is 51.8 Å². The average Bonchev–Trinajstić information content (AvgIpc) is 2.39. The van der Waals surface area contributed by atoms with Gasteiger partial charge in [-0.15, -0.1) is 0 Å². The maximum atomic E-state index is 4.22. The van der Waals surface area contributed by atoms with Gasteiger partial charge in [-0.1, -0.05) is 6.92 Å². The van der Waals surface area contributed by atoms with Gasteiger partial charge in [0.2, 0.25) is 0 Å². The minimum absolute atomic E-state index is 0.912. The highest BCUT2D eigenvalue weighted by atomic mass is 32.2. The molecule has 18 heavy (non-hydrogen) atoms. The number of hydrogen-bond acceptors (Lipinski definition) is 3. The van der Waals surface area contributed by atoms with E-state index in [2.05, 4.69) is 33.7 Å². The smallest absolute Gasteiger partial charge is 0.191 e. The van der Waals surface area contributed by atoms with Gasteiger partial charge < -0.3 is 15.5 Å². The molecule has 1 saturated heterocycles. The summed E-state index contributed by atoms with van der Waals surface area (Å²) in [5.74, 6) is 2.95. The number of piperidine rings is 1. The van der Waals surface area contributed by atoms with Crippen molar-refractivity contribution in [1.82, 2.24) is 15.5 Å². The standard InChI is InChI=1S/C13H28N4S/c1-12-4-8-17(9-5-12)10-6-15-13(14-2)16-7-11-18-3/h12H,4-11H2,1-3H3,(H2,14,15,16). The summed E-state index contributed by atoms with van der Waals surface area (Å²) in [6.07, 6.45) is 4.82. The fourth-order valence-corrected chi connectivity index (χ4v) is 2.42. The van der Waals surface area contributed by atoms with Crippen LogP contribution < -0.4 is 10.6 Å². The molecule has 5 heteroatoms. The van der Waals surface area contributed by atoms with Crippen LogP contribution in [0, 0.1) is 5.92 Å². The van der Waals surface area contributed by atoms with E-state index in [1.54, 1.807) is 0 Å². The van der Waals surface area contributed by atoms with Crippen LogP contribution in [0.3, 0.4) is 0 Å². The van der Waals surface area contributed by atoms with Gasteiger partial charge in [-0.3, -0.25) is 4.99 Å². The summed E-state index contributed by atoms with van der Waals surface area (Å²) in [5, 5.41) is 6.69. The first-order valence-corrected chi connectivity index (χ1v) is 8.31. The van der Waals surface area contributed by atoms with Crippen LogP contribution in [0.5, 0.6) is 0 Å². The van der Waals surface area contributed by atoms with Crippen molar-refractivity contribution in [3.8, 4) is 0 Å². The Morgan fingerprint density at radius 3 is 2.56 bits per heavy atom. The third-order valence-electron chi connectivity index (χ3n) is 3.42. The first kappa shape index (κ1) is 15.6. The minimum Gasteiger partial charge on any atom is -0.356 e. The predicted molar refractivity (Wildman–Crippen MR) is 82.6 cm³/mol. The van der Waals surface area contributed by atoms with Crippen LogP contribution in [-0.4, -0.2) is 62.6 Å². The van der Waals surface area contributed by atoms with E-state index in [1.165, 1.54) is 25.9 Å². The average molecular weight is 272 g/mol. The normalized spacial score (nSPS) is 18.9. The van der Waals surface area contributed by atoms with E-state index in [4.69, 9.17) is 0 Å². The highest BCUT2D eigenvalue weighted by Gasteiger charge is 2.14. The molecule has 106 valence electrons. The zero-order chi connectivity index (χ0) is 13.2. The lowest BCUT2D eigenvalue weighted by molar-refractivity contribution is 0.195. The molecule has 0 spiro atoms. The van der Waals surface area contributed by atoms with Crippen molar-refractivity contribution in [3.05, 3.63) is 0 Å². The second-order valence-corrected chi connectivity index (χ2v) is 5.93. The summed E-state index contributed by atoms with van der Waals surface area (Å²) >= 11 is 1.85. The first-order chi connectivity index (χ1) is 8.76. The van der Waals surface area contributed by atoms with Gasteiger partial charge >= 0.3 is 0 Å². The monoisotopic (exact) mass is 272 g/mol. The summed E-state index contributed by atoms with van der Waals surface area (Å²) in [7, 11) is 1.83. The number of rotatable bonds is 6. The Hall–Kier alpha value is -0.420. The van der Waals surface area contributed by atoms with Crippen molar-refractivity contribution in [2.24, 2.45) is 10.9 Å². The largest absolute Gasteiger partial charge is 0.356 e. The number of likely N-dealkylation sites (tertiary alicyclic amines) is 1. The van der Waals surface area contributed by atoms with E-state index in [0.717, 1.165) is 37.3 Å². The lowest BCUT2D eigenvalue weighted by atomic mass is 9.99. The molecule has 1 heterocycles. The number of thioether (sulfide) groups is 1. The number of nitrogens with zero attached hydrogens (tertiary/aromatic N) is 2. The quantitative estimate of drug-likeness (QED) is 0.434. The van der Waals surface area contributed by atoms with Crippen molar-refractivity contribution >= 4 is 17.7 Å². The fraction of sp³-hybridized carbons (Fsp3) is 0.923. The minimum atomic E-state index is 0.912. The Kier molecular flexibility index (Phi) is 8.25. The fourth-order valence-electron chi connectivity index (χ4n) is 2.11. The summed E-state index contributed by atoms with van der Waals surface area (Å²) < 4.78 is 0. The molecule has 0 aliphatic carbocycles. The van der Waals surface area contributed by atoms with Gasteiger partial charge in [0.1, 0.15) is 0 Å². The van der Waals surface area contributed by atoms with Gasteiger partial charge in [0.15, 0.2) is 5.96 Å². The zero-order valence-electron chi connectivity index (χ0n) is 12.0. The van der Waals surface area contributed by atoms with Gasteiger partial charge in [-0.2, -0.15) is 11.8 Å². The van der Waals surface area contributed by atoms with Gasteiger partial charge in [0.05, 0.1) is 0 Å². The summed E-state index contributed by atoms with van der Waals surface area (Å²) in [4.78, 5) is 6.77. The van der Waals surface area contributed by atoms with Crippen LogP contribution in [0.4, 0.5) is 0 Å². The summed E-state index contributed by atoms with van der Waals surface area (Å²) in [6, 6.07) is 0. The number of guanidine groups is 1. The number of hydrogen-bond donors (Lipinski definition) is 2. The molecule has 0 atom stereocenters. The molecule has 1 rings (SSSR count). The Labute approximate surface area is 116 Å². The molecule has 0 unspecified atom stereocenters. The first-order valence-electron chi connectivity index (χ1n) is 6.92. The van der Waals surface area contributed by atoms with Crippen LogP contribution in [0.1, 0.15) is 19.8 Å². The van der Waals surface area contributed by atoms with Crippen LogP contribution in [0.25, 0.3) is 0 Å². The summed E-state index contributed by atoms with van der Waals surface area (Å²) in [6.45, 7) is 7.93. The van der Waals surface area contributed by atoms with E-state index >= 15 is 0 Å². The number of nitrogens with one attached hydrogen (secondary N) is 2. The molecule has 2 N–H and O–H groups in total. The predicted octanol–water partition coefficient (Wildman–Crippen LogP) is 1.25. The molecule has 1 aliphatic heterocycles. The molecule has 0 aromatic heterocycles. The molecule has 0 bridgehead atoms. The third kappa shape index (κ3) is 6.50. The zero-order valence-corrected chi connectivity index (χ0v) is 12.9. The number of aliphatic imine (C=N–C) groups is 1. The highest BCUT2D eigenvalue weighted by Crippen LogP contribution is 2.14. The Morgan fingerprint density at radius 1 is 1.28 bits per heavy atom. The maximum Gasteiger partial charge on any atom is 0.191 e. The van der Waals surface area contributed by atoms with Crippen LogP contribution in [0.2, 0.25) is 0 Å². The molecular formula is C13H28N4S. The molecule has 0 aromatic carbocycles. The van der Waals surface area contributed by atoms with Crippen LogP contribution >= 0.6 is 11.8 Å². The van der Waals surface area contributed by atoms with Gasteiger partial charge in [0, 0.05) is 32.4 Å². The van der Waals surface area contributed by atoms with Gasteiger partial charge in [-0.05, 0) is 38.1 Å². The van der Waals surface area contributed by atoms with E-state index < -0.39 is 0 Å². The van der Waals surface area contributed by atoms with E-state index in [0.29, 0.717) is 0 Å². The molecule has 0 amide bonds. The SMILES string of the molecule is CN=C(NCCSC)NCCN1CCC(C)CC1. The van der Waals surface area contributed by atoms with Gasteiger partial charge in [-0.25, -0.2) is 0 Å². The van der Waals surface area contributed by atoms with E-state index in [1.807, 2.05) is 18.8 Å². The maximum absolute atomic E-state index is 4.22. The Balaban J connectivity index is 2.08. The second kappa shape index (κ2) is 9.50. The molecule has 1 fully saturated rings.